The van der Waals surface area contributed by atoms with Crippen molar-refractivity contribution in [2.75, 3.05) is 0 Å². The highest BCUT2D eigenvalue weighted by molar-refractivity contribution is 5.49. The summed E-state index contributed by atoms with van der Waals surface area (Å²) in [6.07, 6.45) is 7.26. The van der Waals surface area contributed by atoms with Gasteiger partial charge in [-0.25, -0.2) is 0 Å². The lowest BCUT2D eigenvalue weighted by Gasteiger charge is -2.34. The minimum atomic E-state index is 0.0788. The largest absolute Gasteiger partial charge is 0.0973 e. The number of aryl methyl sites for hydroxylation is 3. The van der Waals surface area contributed by atoms with Gasteiger partial charge in [-0.1, -0.05) is 62.9 Å². The Morgan fingerprint density at radius 3 is 1.93 bits per heavy atom. The van der Waals surface area contributed by atoms with Gasteiger partial charge in [0.15, 0.2) is 0 Å². The number of hydrogen-bond acceptors (Lipinski definition) is 0. The van der Waals surface area contributed by atoms with Gasteiger partial charge in [-0.2, -0.15) is 0 Å². The first kappa shape index (κ1) is 20.7. The second-order valence-corrected chi connectivity index (χ2v) is 8.95. The topological polar surface area (TPSA) is 0 Å². The molecule has 0 amide bonds. The van der Waals surface area contributed by atoms with E-state index in [0.29, 0.717) is 5.41 Å². The first-order valence-corrected chi connectivity index (χ1v) is 11.1. The van der Waals surface area contributed by atoms with Gasteiger partial charge in [-0.05, 0) is 92.2 Å². The zero-order valence-electron chi connectivity index (χ0n) is 18.7. The molecule has 0 bridgehead atoms. The molecule has 0 heterocycles. The van der Waals surface area contributed by atoms with Crippen molar-refractivity contribution in [3.8, 4) is 11.8 Å². The van der Waals surface area contributed by atoms with Crippen LogP contribution in [0.2, 0.25) is 0 Å². The molecule has 0 unspecified atom stereocenters. The monoisotopic (exact) mass is 372 g/mol. The van der Waals surface area contributed by atoms with E-state index in [1.54, 1.807) is 0 Å². The van der Waals surface area contributed by atoms with E-state index < -0.39 is 0 Å². The molecule has 148 valence electrons. The molecule has 0 radical (unpaired) electrons. The maximum Gasteiger partial charge on any atom is 0.0274 e. The molecule has 0 spiro atoms. The van der Waals surface area contributed by atoms with Crippen LogP contribution in [-0.4, -0.2) is 0 Å². The van der Waals surface area contributed by atoms with Gasteiger partial charge < -0.3 is 0 Å². The Morgan fingerprint density at radius 1 is 0.821 bits per heavy atom. The van der Waals surface area contributed by atoms with Crippen molar-refractivity contribution < 1.29 is 0 Å². The minimum absolute atomic E-state index is 0.0788. The van der Waals surface area contributed by atoms with Gasteiger partial charge >= 0.3 is 0 Å². The van der Waals surface area contributed by atoms with Crippen molar-refractivity contribution in [3.63, 3.8) is 0 Å². The van der Waals surface area contributed by atoms with Gasteiger partial charge in [0, 0.05) is 17.4 Å². The summed E-state index contributed by atoms with van der Waals surface area (Å²) in [4.78, 5) is 0. The first-order valence-electron chi connectivity index (χ1n) is 11.1. The van der Waals surface area contributed by atoms with Crippen molar-refractivity contribution in [2.24, 2.45) is 5.41 Å². The predicted molar refractivity (Wildman–Crippen MR) is 122 cm³/mol. The summed E-state index contributed by atoms with van der Waals surface area (Å²) in [5.41, 5.74) is 8.74. The minimum Gasteiger partial charge on any atom is -0.0973 e. The highest BCUT2D eigenvalue weighted by atomic mass is 14.4. The highest BCUT2D eigenvalue weighted by Crippen LogP contribution is 2.51. The summed E-state index contributed by atoms with van der Waals surface area (Å²) >= 11 is 0. The average Bonchev–Trinajstić information content (AvgIpc) is 3.48. The quantitative estimate of drug-likeness (QED) is 0.457. The third-order valence-electron chi connectivity index (χ3n) is 7.44. The van der Waals surface area contributed by atoms with Gasteiger partial charge in [0.2, 0.25) is 0 Å². The van der Waals surface area contributed by atoms with Crippen LogP contribution in [0.1, 0.15) is 92.7 Å². The maximum absolute atomic E-state index is 3.48. The zero-order valence-corrected chi connectivity index (χ0v) is 18.7. The van der Waals surface area contributed by atoms with Crippen molar-refractivity contribution in [2.45, 2.75) is 85.5 Å². The van der Waals surface area contributed by atoms with Crippen molar-refractivity contribution in [1.29, 1.82) is 0 Å². The lowest BCUT2D eigenvalue weighted by atomic mass is 9.69. The SMILES string of the molecule is CCC1(CC#Cc2ccc(C(CC)(CC)c3ccc(C)c(C)c3)cc2C)CC1. The van der Waals surface area contributed by atoms with Crippen LogP contribution in [0.25, 0.3) is 0 Å². The Hall–Kier alpha value is -2.00. The summed E-state index contributed by atoms with van der Waals surface area (Å²) in [5.74, 6) is 6.94. The molecule has 28 heavy (non-hydrogen) atoms. The van der Waals surface area contributed by atoms with Crippen LogP contribution < -0.4 is 0 Å². The molecule has 0 heteroatoms. The van der Waals surface area contributed by atoms with Crippen LogP contribution in [0.15, 0.2) is 36.4 Å². The smallest absolute Gasteiger partial charge is 0.0274 e. The molecule has 0 atom stereocenters. The van der Waals surface area contributed by atoms with E-state index in [0.717, 1.165) is 19.3 Å². The van der Waals surface area contributed by atoms with Gasteiger partial charge in [-0.15, -0.1) is 0 Å². The Balaban J connectivity index is 1.93. The van der Waals surface area contributed by atoms with Gasteiger partial charge in [0.25, 0.3) is 0 Å². The molecule has 2 aromatic rings. The molecule has 0 nitrogen and oxygen atoms in total. The van der Waals surface area contributed by atoms with Gasteiger partial charge in [0.05, 0.1) is 0 Å². The number of rotatable bonds is 6. The predicted octanol–water partition coefficient (Wildman–Crippen LogP) is 7.65. The Kier molecular flexibility index (Phi) is 6.04. The van der Waals surface area contributed by atoms with Gasteiger partial charge in [-0.3, -0.25) is 0 Å². The molecule has 0 aliphatic heterocycles. The molecule has 1 fully saturated rings. The molecule has 1 saturated carbocycles. The summed E-state index contributed by atoms with van der Waals surface area (Å²) in [5, 5.41) is 0. The molecule has 1 aliphatic rings. The molecule has 2 aromatic carbocycles. The van der Waals surface area contributed by atoms with Crippen LogP contribution in [0.5, 0.6) is 0 Å². The van der Waals surface area contributed by atoms with Crippen LogP contribution >= 0.6 is 0 Å². The van der Waals surface area contributed by atoms with E-state index in [9.17, 15) is 0 Å². The van der Waals surface area contributed by atoms with Crippen molar-refractivity contribution >= 4 is 0 Å². The zero-order chi connectivity index (χ0) is 20.4. The molecule has 3 rings (SSSR count). The molecular weight excluding hydrogens is 336 g/mol. The van der Waals surface area contributed by atoms with Crippen LogP contribution in [0.3, 0.4) is 0 Å². The van der Waals surface area contributed by atoms with E-state index >= 15 is 0 Å². The fourth-order valence-corrected chi connectivity index (χ4v) is 4.53. The van der Waals surface area contributed by atoms with Crippen LogP contribution in [0.4, 0.5) is 0 Å². The first-order chi connectivity index (χ1) is 13.4. The third-order valence-corrected chi connectivity index (χ3v) is 7.44. The second kappa shape index (κ2) is 8.16. The van der Waals surface area contributed by atoms with Crippen molar-refractivity contribution in [1.82, 2.24) is 0 Å². The van der Waals surface area contributed by atoms with E-state index in [2.05, 4.69) is 89.8 Å². The highest BCUT2D eigenvalue weighted by Gasteiger charge is 2.39. The lowest BCUT2D eigenvalue weighted by molar-refractivity contribution is 0.477. The lowest BCUT2D eigenvalue weighted by Crippen LogP contribution is -2.26. The molecular formula is C28H36. The normalized spacial score (nSPS) is 15.1. The van der Waals surface area contributed by atoms with E-state index in [-0.39, 0.29) is 5.41 Å². The molecule has 0 saturated heterocycles. The fraction of sp³-hybridized carbons (Fsp3) is 0.500. The van der Waals surface area contributed by atoms with E-state index in [4.69, 9.17) is 0 Å². The van der Waals surface area contributed by atoms with Crippen molar-refractivity contribution in [3.05, 3.63) is 69.8 Å². The van der Waals surface area contributed by atoms with Gasteiger partial charge in [0.1, 0.15) is 0 Å². The summed E-state index contributed by atoms with van der Waals surface area (Å²) in [7, 11) is 0. The van der Waals surface area contributed by atoms with Crippen LogP contribution in [0, 0.1) is 38.0 Å². The number of benzene rings is 2. The van der Waals surface area contributed by atoms with Crippen LogP contribution in [-0.2, 0) is 5.41 Å². The molecule has 0 aromatic heterocycles. The standard InChI is InChI=1S/C28H36/c1-7-27(17-18-27)16-10-11-24-13-15-26(20-23(24)6)28(8-2,9-3)25-14-12-21(4)22(5)19-25/h12-15,19-20H,7-9,16-18H2,1-6H3. The number of hydrogen-bond donors (Lipinski definition) is 0. The summed E-state index contributed by atoms with van der Waals surface area (Å²) in [6.45, 7) is 13.6. The Bertz CT molecular complexity index is 895. The summed E-state index contributed by atoms with van der Waals surface area (Å²) in [6, 6.07) is 14.0. The molecule has 0 N–H and O–H groups in total. The summed E-state index contributed by atoms with van der Waals surface area (Å²) < 4.78 is 0. The maximum atomic E-state index is 3.48. The fourth-order valence-electron chi connectivity index (χ4n) is 4.53. The Labute approximate surface area is 172 Å². The second-order valence-electron chi connectivity index (χ2n) is 8.95. The molecule has 1 aliphatic carbocycles. The van der Waals surface area contributed by atoms with E-state index in [1.807, 2.05) is 0 Å². The average molecular weight is 373 g/mol. The Morgan fingerprint density at radius 2 is 1.43 bits per heavy atom. The third kappa shape index (κ3) is 3.91. The van der Waals surface area contributed by atoms with E-state index in [1.165, 1.54) is 52.6 Å².